The predicted molar refractivity (Wildman–Crippen MR) is 139 cm³/mol. The van der Waals surface area contributed by atoms with Gasteiger partial charge in [0.15, 0.2) is 0 Å². The van der Waals surface area contributed by atoms with Gasteiger partial charge in [-0.05, 0) is 60.6 Å². The first kappa shape index (κ1) is 24.2. The van der Waals surface area contributed by atoms with Crippen molar-refractivity contribution in [3.05, 3.63) is 119 Å². The number of phenols is 1. The lowest BCUT2D eigenvalue weighted by Crippen LogP contribution is -2.02. The van der Waals surface area contributed by atoms with Crippen molar-refractivity contribution in [2.75, 3.05) is 6.61 Å². The van der Waals surface area contributed by atoms with E-state index in [1.54, 1.807) is 12.1 Å². The van der Waals surface area contributed by atoms with Gasteiger partial charge >= 0.3 is 0 Å². The van der Waals surface area contributed by atoms with Crippen molar-refractivity contribution in [3.8, 4) is 23.0 Å². The van der Waals surface area contributed by atoms with E-state index in [0.717, 1.165) is 58.8 Å². The predicted octanol–water partition coefficient (Wildman–Crippen LogP) is 7.12. The van der Waals surface area contributed by atoms with Gasteiger partial charge in [0.1, 0.15) is 36.2 Å². The molecule has 0 amide bonds. The second-order valence-electron chi connectivity index (χ2n) is 8.40. The lowest BCUT2D eigenvalue weighted by Gasteiger charge is -2.15. The highest BCUT2D eigenvalue weighted by Crippen LogP contribution is 2.30. The van der Waals surface area contributed by atoms with E-state index in [1.807, 2.05) is 61.5 Å². The van der Waals surface area contributed by atoms with E-state index in [2.05, 4.69) is 30.3 Å². The van der Waals surface area contributed by atoms with Gasteiger partial charge in [0.05, 0.1) is 6.61 Å². The Morgan fingerprint density at radius 1 is 0.600 bits per heavy atom. The molecule has 35 heavy (non-hydrogen) atoms. The molecule has 0 spiro atoms. The van der Waals surface area contributed by atoms with Crippen LogP contribution in [0.5, 0.6) is 23.0 Å². The largest absolute Gasteiger partial charge is 0.508 e. The smallest absolute Gasteiger partial charge is 0.126 e. The minimum Gasteiger partial charge on any atom is -0.508 e. The second kappa shape index (κ2) is 12.5. The first-order chi connectivity index (χ1) is 17.2. The lowest BCUT2D eigenvalue weighted by atomic mass is 10.0. The van der Waals surface area contributed by atoms with Gasteiger partial charge in [0.25, 0.3) is 0 Å². The van der Waals surface area contributed by atoms with E-state index in [-0.39, 0.29) is 5.75 Å². The maximum atomic E-state index is 9.79. The zero-order valence-corrected chi connectivity index (χ0v) is 20.2. The second-order valence-corrected chi connectivity index (χ2v) is 8.40. The molecule has 0 saturated heterocycles. The summed E-state index contributed by atoms with van der Waals surface area (Å²) in [7, 11) is 0. The first-order valence-corrected chi connectivity index (χ1v) is 12.1. The summed E-state index contributed by atoms with van der Waals surface area (Å²) in [5.74, 6) is 2.60. The molecule has 0 heterocycles. The topological polar surface area (TPSA) is 47.9 Å². The van der Waals surface area contributed by atoms with Crippen LogP contribution in [0.1, 0.15) is 35.6 Å². The van der Waals surface area contributed by atoms with Crippen LogP contribution in [0.15, 0.2) is 97.1 Å². The van der Waals surface area contributed by atoms with Gasteiger partial charge in [-0.3, -0.25) is 0 Å². The summed E-state index contributed by atoms with van der Waals surface area (Å²) < 4.78 is 18.0. The molecule has 4 nitrogen and oxygen atoms in total. The van der Waals surface area contributed by atoms with Gasteiger partial charge in [0.2, 0.25) is 0 Å². The third kappa shape index (κ3) is 7.28. The Morgan fingerprint density at radius 3 is 1.80 bits per heavy atom. The van der Waals surface area contributed by atoms with Crippen LogP contribution in [0.3, 0.4) is 0 Å². The average molecular weight is 469 g/mol. The normalized spacial score (nSPS) is 10.7. The molecular weight excluding hydrogens is 436 g/mol. The number of aromatic hydroxyl groups is 1. The number of aryl methyl sites for hydroxylation is 2. The highest BCUT2D eigenvalue weighted by atomic mass is 16.5. The van der Waals surface area contributed by atoms with E-state index in [4.69, 9.17) is 14.2 Å². The quantitative estimate of drug-likeness (QED) is 0.240. The molecule has 0 saturated carbocycles. The minimum atomic E-state index is 0.222. The van der Waals surface area contributed by atoms with Crippen LogP contribution in [-0.2, 0) is 26.1 Å². The lowest BCUT2D eigenvalue weighted by molar-refractivity contribution is 0.287. The summed E-state index contributed by atoms with van der Waals surface area (Å²) >= 11 is 0. The van der Waals surface area contributed by atoms with Crippen molar-refractivity contribution < 1.29 is 19.3 Å². The van der Waals surface area contributed by atoms with Gasteiger partial charge in [0, 0.05) is 12.1 Å². The Kier molecular flexibility index (Phi) is 8.66. The fraction of sp³-hybridized carbons (Fsp3) is 0.226. The summed E-state index contributed by atoms with van der Waals surface area (Å²) in [4.78, 5) is 0. The van der Waals surface area contributed by atoms with Crippen LogP contribution < -0.4 is 14.2 Å². The van der Waals surface area contributed by atoms with Gasteiger partial charge < -0.3 is 19.3 Å². The molecule has 0 radical (unpaired) electrons. The molecule has 0 unspecified atom stereocenters. The summed E-state index contributed by atoms with van der Waals surface area (Å²) in [6.45, 7) is 3.53. The number of rotatable bonds is 12. The SMILES string of the molecule is CCOc1cc(O)ccc1CCCc1ccc(OCc2ccccc2)cc1OCc1ccccc1. The summed E-state index contributed by atoms with van der Waals surface area (Å²) in [5.41, 5.74) is 4.49. The van der Waals surface area contributed by atoms with E-state index in [1.165, 1.54) is 0 Å². The Balaban J connectivity index is 1.45. The molecule has 180 valence electrons. The van der Waals surface area contributed by atoms with Crippen LogP contribution >= 0.6 is 0 Å². The zero-order chi connectivity index (χ0) is 24.3. The molecule has 4 aromatic carbocycles. The highest BCUT2D eigenvalue weighted by Gasteiger charge is 2.10. The first-order valence-electron chi connectivity index (χ1n) is 12.1. The average Bonchev–Trinajstić information content (AvgIpc) is 2.89. The molecule has 0 bridgehead atoms. The maximum absolute atomic E-state index is 9.79. The molecule has 0 aliphatic heterocycles. The summed E-state index contributed by atoms with van der Waals surface area (Å²) in [6, 6.07) is 31.8. The third-order valence-corrected chi connectivity index (χ3v) is 5.77. The molecule has 0 fully saturated rings. The molecule has 0 aliphatic rings. The summed E-state index contributed by atoms with van der Waals surface area (Å²) in [5, 5.41) is 9.79. The van der Waals surface area contributed by atoms with Crippen LogP contribution in [0.2, 0.25) is 0 Å². The number of benzene rings is 4. The number of phenolic OH excluding ortho intramolecular Hbond substituents is 1. The van der Waals surface area contributed by atoms with Gasteiger partial charge in [-0.2, -0.15) is 0 Å². The van der Waals surface area contributed by atoms with Crippen LogP contribution in [0.4, 0.5) is 0 Å². The van der Waals surface area contributed by atoms with Crippen molar-refractivity contribution in [1.82, 2.24) is 0 Å². The van der Waals surface area contributed by atoms with E-state index >= 15 is 0 Å². The molecule has 0 atom stereocenters. The van der Waals surface area contributed by atoms with Gasteiger partial charge in [-0.15, -0.1) is 0 Å². The fourth-order valence-electron chi connectivity index (χ4n) is 3.95. The molecule has 4 heteroatoms. The molecule has 0 aliphatic carbocycles. The Morgan fingerprint density at radius 2 is 1.17 bits per heavy atom. The molecular formula is C31H32O4. The standard InChI is InChI=1S/C31H32O4/c1-2-33-30-20-28(32)18-16-26(30)14-9-15-27-17-19-29(34-22-24-10-5-3-6-11-24)21-31(27)35-23-25-12-7-4-8-13-25/h3-8,10-13,16-21,32H,2,9,14-15,22-23H2,1H3. The highest BCUT2D eigenvalue weighted by molar-refractivity contribution is 5.42. The number of ether oxygens (including phenoxy) is 3. The third-order valence-electron chi connectivity index (χ3n) is 5.77. The van der Waals surface area contributed by atoms with Crippen LogP contribution in [0, 0.1) is 0 Å². The monoisotopic (exact) mass is 468 g/mol. The Hall–Kier alpha value is -3.92. The van der Waals surface area contributed by atoms with Crippen molar-refractivity contribution >= 4 is 0 Å². The van der Waals surface area contributed by atoms with Crippen molar-refractivity contribution in [3.63, 3.8) is 0 Å². The van der Waals surface area contributed by atoms with Gasteiger partial charge in [-0.1, -0.05) is 72.8 Å². The fourth-order valence-corrected chi connectivity index (χ4v) is 3.95. The Labute approximate surface area is 207 Å². The minimum absolute atomic E-state index is 0.222. The van der Waals surface area contributed by atoms with E-state index in [9.17, 15) is 5.11 Å². The number of hydrogen-bond acceptors (Lipinski definition) is 4. The molecule has 4 aromatic rings. The van der Waals surface area contributed by atoms with E-state index in [0.29, 0.717) is 19.8 Å². The zero-order valence-electron chi connectivity index (χ0n) is 20.2. The number of hydrogen-bond donors (Lipinski definition) is 1. The Bertz CT molecular complexity index is 1190. The van der Waals surface area contributed by atoms with Gasteiger partial charge in [-0.25, -0.2) is 0 Å². The molecule has 1 N–H and O–H groups in total. The molecule has 4 rings (SSSR count). The summed E-state index contributed by atoms with van der Waals surface area (Å²) in [6.07, 6.45) is 2.63. The molecule has 0 aromatic heterocycles. The van der Waals surface area contributed by atoms with Crippen LogP contribution in [-0.4, -0.2) is 11.7 Å². The van der Waals surface area contributed by atoms with Crippen molar-refractivity contribution in [2.45, 2.75) is 39.4 Å². The van der Waals surface area contributed by atoms with E-state index < -0.39 is 0 Å². The van der Waals surface area contributed by atoms with Crippen molar-refractivity contribution in [2.24, 2.45) is 0 Å². The maximum Gasteiger partial charge on any atom is 0.126 e. The van der Waals surface area contributed by atoms with Crippen molar-refractivity contribution in [1.29, 1.82) is 0 Å². The van der Waals surface area contributed by atoms with Crippen LogP contribution in [0.25, 0.3) is 0 Å².